The van der Waals surface area contributed by atoms with Crippen molar-refractivity contribution in [3.63, 3.8) is 0 Å². The molecule has 0 bridgehead atoms. The van der Waals surface area contributed by atoms with Crippen molar-refractivity contribution >= 4 is 39.8 Å². The Bertz CT molecular complexity index is 522. The van der Waals surface area contributed by atoms with Gasteiger partial charge in [-0.3, -0.25) is 4.99 Å². The Morgan fingerprint density at radius 1 is 1.26 bits per heavy atom. The quantitative estimate of drug-likeness (QED) is 0.401. The Labute approximate surface area is 158 Å². The molecule has 1 aliphatic carbocycles. The van der Waals surface area contributed by atoms with Gasteiger partial charge in [0.2, 0.25) is 0 Å². The van der Waals surface area contributed by atoms with Gasteiger partial charge < -0.3 is 10.2 Å². The largest absolute Gasteiger partial charge is 0.357 e. The van der Waals surface area contributed by atoms with Crippen LogP contribution >= 0.6 is 24.0 Å². The number of hydrogen-bond acceptors (Lipinski definition) is 3. The summed E-state index contributed by atoms with van der Waals surface area (Å²) in [5, 5.41) is 3.32. The molecule has 136 valence electrons. The van der Waals surface area contributed by atoms with Gasteiger partial charge in [-0.25, -0.2) is 8.42 Å². The maximum Gasteiger partial charge on any atom is 0.193 e. The van der Waals surface area contributed by atoms with Gasteiger partial charge in [0.25, 0.3) is 0 Å². The Morgan fingerprint density at radius 3 is 2.35 bits per heavy atom. The maximum absolute atomic E-state index is 12.2. The van der Waals surface area contributed by atoms with E-state index in [0.717, 1.165) is 25.6 Å². The van der Waals surface area contributed by atoms with Crippen molar-refractivity contribution in [3.8, 4) is 0 Å². The summed E-state index contributed by atoms with van der Waals surface area (Å²) in [7, 11) is -3.10. The van der Waals surface area contributed by atoms with Crippen LogP contribution in [0.15, 0.2) is 4.99 Å². The average molecular weight is 457 g/mol. The number of rotatable bonds is 4. The lowest BCUT2D eigenvalue weighted by molar-refractivity contribution is 0.151. The highest BCUT2D eigenvalue weighted by Gasteiger charge is 2.43. The van der Waals surface area contributed by atoms with Crippen LogP contribution < -0.4 is 5.32 Å². The third-order valence-electron chi connectivity index (χ3n) is 5.04. The fourth-order valence-corrected chi connectivity index (χ4v) is 4.15. The van der Waals surface area contributed by atoms with Gasteiger partial charge in [-0.15, -0.1) is 24.0 Å². The SMILES string of the molecule is CCNC(=NCCS(=O)(=O)C(C)(C)C)N1CCC2(CCC2)C1.I. The zero-order valence-electron chi connectivity index (χ0n) is 14.9. The molecule has 5 nitrogen and oxygen atoms in total. The number of likely N-dealkylation sites (tertiary alicyclic amines) is 1. The molecule has 0 aromatic carbocycles. The number of guanidine groups is 1. The number of nitrogens with one attached hydrogen (secondary N) is 1. The van der Waals surface area contributed by atoms with Crippen molar-refractivity contribution in [1.82, 2.24) is 10.2 Å². The topological polar surface area (TPSA) is 61.8 Å². The molecule has 0 atom stereocenters. The third kappa shape index (κ3) is 4.96. The van der Waals surface area contributed by atoms with E-state index in [4.69, 9.17) is 0 Å². The van der Waals surface area contributed by atoms with Gasteiger partial charge in [0.15, 0.2) is 15.8 Å². The first-order valence-corrected chi connectivity index (χ1v) is 10.1. The molecule has 2 fully saturated rings. The van der Waals surface area contributed by atoms with Crippen LogP contribution in [0, 0.1) is 5.41 Å². The first kappa shape index (κ1) is 21.0. The Morgan fingerprint density at radius 2 is 1.91 bits per heavy atom. The average Bonchev–Trinajstić information content (AvgIpc) is 2.81. The van der Waals surface area contributed by atoms with E-state index in [1.54, 1.807) is 20.8 Å². The van der Waals surface area contributed by atoms with Gasteiger partial charge in [0, 0.05) is 19.6 Å². The van der Waals surface area contributed by atoms with Crippen LogP contribution in [0.3, 0.4) is 0 Å². The zero-order chi connectivity index (χ0) is 16.4. The molecule has 1 saturated carbocycles. The van der Waals surface area contributed by atoms with E-state index < -0.39 is 14.6 Å². The van der Waals surface area contributed by atoms with E-state index >= 15 is 0 Å². The second-order valence-electron chi connectivity index (χ2n) is 7.69. The molecule has 1 saturated heterocycles. The number of nitrogens with zero attached hydrogens (tertiary/aromatic N) is 2. The molecule has 23 heavy (non-hydrogen) atoms. The smallest absolute Gasteiger partial charge is 0.193 e. The summed E-state index contributed by atoms with van der Waals surface area (Å²) >= 11 is 0. The fourth-order valence-electron chi connectivity index (χ4n) is 3.20. The van der Waals surface area contributed by atoms with E-state index in [0.29, 0.717) is 12.0 Å². The molecule has 0 aromatic heterocycles. The van der Waals surface area contributed by atoms with E-state index in [1.165, 1.54) is 25.7 Å². The molecular weight excluding hydrogens is 425 g/mol. The van der Waals surface area contributed by atoms with Crippen LogP contribution in [-0.4, -0.2) is 56.0 Å². The zero-order valence-corrected chi connectivity index (χ0v) is 18.0. The summed E-state index contributed by atoms with van der Waals surface area (Å²) in [6, 6.07) is 0. The molecule has 7 heteroatoms. The summed E-state index contributed by atoms with van der Waals surface area (Å²) < 4.78 is 23.6. The van der Waals surface area contributed by atoms with Crippen molar-refractivity contribution in [1.29, 1.82) is 0 Å². The standard InChI is InChI=1S/C16H31N3O2S.HI/c1-5-17-14(18-10-12-22(20,21)15(2,3)4)19-11-9-16(13-19)7-6-8-16;/h5-13H2,1-4H3,(H,17,18);1H. The summed E-state index contributed by atoms with van der Waals surface area (Å²) in [5.41, 5.74) is 0.522. The molecule has 2 rings (SSSR count). The highest BCUT2D eigenvalue weighted by Crippen LogP contribution is 2.47. The summed E-state index contributed by atoms with van der Waals surface area (Å²) in [4.78, 5) is 6.88. The summed E-state index contributed by atoms with van der Waals surface area (Å²) in [5.74, 6) is 1.00. The van der Waals surface area contributed by atoms with Gasteiger partial charge >= 0.3 is 0 Å². The Kier molecular flexibility index (Phi) is 7.20. The van der Waals surface area contributed by atoms with Crippen LogP contribution in [-0.2, 0) is 9.84 Å². The molecule has 0 unspecified atom stereocenters. The van der Waals surface area contributed by atoms with Crippen molar-refractivity contribution in [3.05, 3.63) is 0 Å². The Hall–Kier alpha value is -0.0500. The second kappa shape index (κ2) is 7.89. The van der Waals surface area contributed by atoms with Crippen molar-refractivity contribution in [2.75, 3.05) is 31.9 Å². The summed E-state index contributed by atoms with van der Waals surface area (Å²) in [6.45, 7) is 10.6. The van der Waals surface area contributed by atoms with Gasteiger partial charge in [-0.1, -0.05) is 6.42 Å². The minimum absolute atomic E-state index is 0. The molecule has 0 amide bonds. The highest BCUT2D eigenvalue weighted by molar-refractivity contribution is 14.0. The number of sulfone groups is 1. The van der Waals surface area contributed by atoms with E-state index in [-0.39, 0.29) is 29.7 Å². The Balaban J connectivity index is 0.00000264. The molecule has 1 aliphatic heterocycles. The number of halogens is 1. The van der Waals surface area contributed by atoms with Crippen LogP contribution in [0.5, 0.6) is 0 Å². The third-order valence-corrected chi connectivity index (χ3v) is 7.63. The predicted molar refractivity (Wildman–Crippen MR) is 107 cm³/mol. The van der Waals surface area contributed by atoms with Crippen LogP contribution in [0.25, 0.3) is 0 Å². The van der Waals surface area contributed by atoms with Gasteiger partial charge in [0.05, 0.1) is 17.0 Å². The second-order valence-corrected chi connectivity index (χ2v) is 10.6. The number of hydrogen-bond donors (Lipinski definition) is 1. The lowest BCUT2D eigenvalue weighted by atomic mass is 9.68. The van der Waals surface area contributed by atoms with Gasteiger partial charge in [-0.05, 0) is 52.4 Å². The van der Waals surface area contributed by atoms with Crippen LogP contribution in [0.4, 0.5) is 0 Å². The predicted octanol–water partition coefficient (Wildman–Crippen LogP) is 2.66. The molecule has 1 heterocycles. The fraction of sp³-hybridized carbons (Fsp3) is 0.938. The van der Waals surface area contributed by atoms with Crippen molar-refractivity contribution < 1.29 is 8.42 Å². The molecule has 0 aromatic rings. The first-order chi connectivity index (χ1) is 10.2. The van der Waals surface area contributed by atoms with E-state index in [9.17, 15) is 8.42 Å². The molecule has 1 N–H and O–H groups in total. The number of aliphatic imine (C=N–C) groups is 1. The van der Waals surface area contributed by atoms with Crippen molar-refractivity contribution in [2.24, 2.45) is 10.4 Å². The van der Waals surface area contributed by atoms with E-state index in [2.05, 4.69) is 22.1 Å². The molecule has 1 spiro atoms. The lowest BCUT2D eigenvalue weighted by Crippen LogP contribution is -2.43. The minimum atomic E-state index is -3.10. The first-order valence-electron chi connectivity index (χ1n) is 8.45. The monoisotopic (exact) mass is 457 g/mol. The van der Waals surface area contributed by atoms with Crippen LogP contribution in [0.2, 0.25) is 0 Å². The lowest BCUT2D eigenvalue weighted by Gasteiger charge is -2.38. The van der Waals surface area contributed by atoms with Gasteiger partial charge in [-0.2, -0.15) is 0 Å². The molecular formula is C16H32IN3O2S. The normalized spacial score (nSPS) is 21.0. The van der Waals surface area contributed by atoms with E-state index in [1.807, 2.05) is 0 Å². The van der Waals surface area contributed by atoms with Crippen molar-refractivity contribution in [2.45, 2.75) is 58.1 Å². The molecule has 2 aliphatic rings. The highest BCUT2D eigenvalue weighted by atomic mass is 127. The minimum Gasteiger partial charge on any atom is -0.357 e. The maximum atomic E-state index is 12.2. The summed E-state index contributed by atoms with van der Waals surface area (Å²) in [6.07, 6.45) is 5.27. The van der Waals surface area contributed by atoms with Crippen LogP contribution in [0.1, 0.15) is 53.4 Å². The molecule has 0 radical (unpaired) electrons. The van der Waals surface area contributed by atoms with Gasteiger partial charge in [0.1, 0.15) is 0 Å².